The van der Waals surface area contributed by atoms with Gasteiger partial charge in [-0.3, -0.25) is 23.9 Å². The zero-order valence-electron chi connectivity index (χ0n) is 27.3. The van der Waals surface area contributed by atoms with Gasteiger partial charge in [-0.2, -0.15) is 5.10 Å². The number of nitrogens with zero attached hydrogens (tertiary/aromatic N) is 4. The number of aryl methyl sites for hydroxylation is 1. The largest absolute Gasteiger partial charge is 0.344 e. The molecule has 2 aromatic rings. The Morgan fingerprint density at radius 3 is 2.39 bits per heavy atom. The first-order valence-corrected chi connectivity index (χ1v) is 16.8. The van der Waals surface area contributed by atoms with E-state index in [2.05, 4.69) is 33.0 Å². The number of piperidine rings is 1. The topological polar surface area (TPSA) is 129 Å². The Kier molecular flexibility index (Phi) is 10.8. The Hall–Kier alpha value is -3.80. The summed E-state index contributed by atoms with van der Waals surface area (Å²) in [5.41, 5.74) is 1.05. The molecule has 0 unspecified atom stereocenters. The molecule has 46 heavy (non-hydrogen) atoms. The van der Waals surface area contributed by atoms with Crippen LogP contribution < -0.4 is 16.0 Å². The number of anilines is 1. The second-order valence-electron chi connectivity index (χ2n) is 13.4. The van der Waals surface area contributed by atoms with Crippen LogP contribution in [0.1, 0.15) is 81.3 Å². The van der Waals surface area contributed by atoms with Gasteiger partial charge in [0.05, 0.1) is 5.69 Å². The van der Waals surface area contributed by atoms with Gasteiger partial charge in [-0.25, -0.2) is 4.39 Å². The van der Waals surface area contributed by atoms with E-state index in [0.29, 0.717) is 30.9 Å². The standard InChI is InChI=1S/C34H48FN7O4/c1-4-29(43)37-27(33(46)41-21-34(22-41)14-17-40(3)18-15-34)20-23-11-12-26(25(35)19-23)38-32(45)30(24-9-7-6-8-10-24)39-31(44)28-13-16-36-42(28)5-2/h11-13,16,19,24,27,30H,4-10,14-15,17-18,20-22H2,1-3H3,(H,37,43)(H,38,45)(H,39,44)/t27-,30+/m1/s1. The fourth-order valence-corrected chi connectivity index (χ4v) is 7.14. The second-order valence-corrected chi connectivity index (χ2v) is 13.4. The number of aromatic nitrogens is 2. The van der Waals surface area contributed by atoms with Gasteiger partial charge < -0.3 is 25.8 Å². The van der Waals surface area contributed by atoms with Crippen molar-refractivity contribution >= 4 is 29.3 Å². The molecule has 0 radical (unpaired) electrons. The Labute approximate surface area is 270 Å². The number of benzene rings is 1. The van der Waals surface area contributed by atoms with Crippen LogP contribution in [0.3, 0.4) is 0 Å². The Morgan fingerprint density at radius 2 is 1.74 bits per heavy atom. The molecule has 3 aliphatic rings. The fourth-order valence-electron chi connectivity index (χ4n) is 7.14. The molecule has 1 aromatic heterocycles. The SMILES string of the molecule is CCC(=O)N[C@H](Cc1ccc(NC(=O)[C@@H](NC(=O)c2ccnn2CC)C2CCCCC2)c(F)c1)C(=O)N1CC2(CCN(C)CC2)C1. The normalized spacial score (nSPS) is 19.6. The zero-order chi connectivity index (χ0) is 32.8. The minimum atomic E-state index is -0.831. The lowest BCUT2D eigenvalue weighted by Crippen LogP contribution is -2.64. The molecule has 3 fully saturated rings. The number of nitrogens with one attached hydrogen (secondary N) is 3. The van der Waals surface area contributed by atoms with E-state index < -0.39 is 29.7 Å². The summed E-state index contributed by atoms with van der Waals surface area (Å²) in [4.78, 5) is 56.7. The van der Waals surface area contributed by atoms with E-state index in [1.54, 1.807) is 29.9 Å². The minimum Gasteiger partial charge on any atom is -0.344 e. The van der Waals surface area contributed by atoms with Crippen LogP contribution in [0.4, 0.5) is 10.1 Å². The van der Waals surface area contributed by atoms with Crippen LogP contribution in [0.25, 0.3) is 0 Å². The van der Waals surface area contributed by atoms with Crippen LogP contribution in [0.2, 0.25) is 0 Å². The van der Waals surface area contributed by atoms with Gasteiger partial charge in [-0.05, 0) is 82.4 Å². The van der Waals surface area contributed by atoms with Crippen molar-refractivity contribution in [1.82, 2.24) is 30.2 Å². The van der Waals surface area contributed by atoms with Crippen molar-refractivity contribution in [3.8, 4) is 0 Å². The number of hydrogen-bond acceptors (Lipinski definition) is 6. The molecular weight excluding hydrogens is 589 g/mol. The molecule has 0 bridgehead atoms. The molecule has 250 valence electrons. The molecule has 2 saturated heterocycles. The minimum absolute atomic E-state index is 0.00479. The van der Waals surface area contributed by atoms with Gasteiger partial charge in [0.15, 0.2) is 0 Å². The fraction of sp³-hybridized carbons (Fsp3) is 0.618. The smallest absolute Gasteiger partial charge is 0.270 e. The number of hydrogen-bond donors (Lipinski definition) is 3. The summed E-state index contributed by atoms with van der Waals surface area (Å²) in [6, 6.07) is 4.43. The molecule has 4 amide bonds. The highest BCUT2D eigenvalue weighted by Crippen LogP contribution is 2.40. The third-order valence-electron chi connectivity index (χ3n) is 10.0. The van der Waals surface area contributed by atoms with Gasteiger partial charge in [0.25, 0.3) is 5.91 Å². The summed E-state index contributed by atoms with van der Waals surface area (Å²) >= 11 is 0. The van der Waals surface area contributed by atoms with Crippen molar-refractivity contribution in [2.45, 2.75) is 90.3 Å². The number of amides is 4. The van der Waals surface area contributed by atoms with Gasteiger partial charge in [0.1, 0.15) is 23.6 Å². The van der Waals surface area contributed by atoms with Crippen LogP contribution in [0.15, 0.2) is 30.5 Å². The summed E-state index contributed by atoms with van der Waals surface area (Å²) in [6.45, 7) is 7.50. The number of rotatable bonds is 11. The van der Waals surface area contributed by atoms with Crippen molar-refractivity contribution in [2.75, 3.05) is 38.5 Å². The summed E-state index contributed by atoms with van der Waals surface area (Å²) in [7, 11) is 2.11. The third-order valence-corrected chi connectivity index (χ3v) is 10.0. The molecule has 11 nitrogen and oxygen atoms in total. The highest BCUT2D eigenvalue weighted by atomic mass is 19.1. The van der Waals surface area contributed by atoms with E-state index in [1.807, 2.05) is 11.8 Å². The number of likely N-dealkylation sites (tertiary alicyclic amines) is 2. The van der Waals surface area contributed by atoms with Crippen LogP contribution in [-0.2, 0) is 27.3 Å². The molecule has 1 saturated carbocycles. The first-order valence-electron chi connectivity index (χ1n) is 16.8. The first-order chi connectivity index (χ1) is 22.1. The lowest BCUT2D eigenvalue weighted by atomic mass is 9.72. The summed E-state index contributed by atoms with van der Waals surface area (Å²) in [5, 5.41) is 12.6. The second kappa shape index (κ2) is 14.7. The lowest BCUT2D eigenvalue weighted by molar-refractivity contribution is -0.150. The summed E-state index contributed by atoms with van der Waals surface area (Å²) in [6.07, 6.45) is 8.60. The van der Waals surface area contributed by atoms with Gasteiger partial charge in [-0.15, -0.1) is 0 Å². The highest BCUT2D eigenvalue weighted by Gasteiger charge is 2.47. The van der Waals surface area contributed by atoms with E-state index in [-0.39, 0.29) is 41.7 Å². The molecule has 2 atom stereocenters. The highest BCUT2D eigenvalue weighted by molar-refractivity contribution is 6.00. The maximum Gasteiger partial charge on any atom is 0.270 e. The van der Waals surface area contributed by atoms with Crippen LogP contribution in [0, 0.1) is 17.2 Å². The van der Waals surface area contributed by atoms with E-state index in [9.17, 15) is 19.2 Å². The van der Waals surface area contributed by atoms with E-state index in [1.165, 1.54) is 12.1 Å². The summed E-state index contributed by atoms with van der Waals surface area (Å²) in [5.74, 6) is -1.98. The molecule has 5 rings (SSSR count). The molecule has 3 N–H and O–H groups in total. The molecule has 12 heteroatoms. The van der Waals surface area contributed by atoms with Gasteiger partial charge in [-0.1, -0.05) is 32.3 Å². The van der Waals surface area contributed by atoms with E-state index in [0.717, 1.165) is 58.0 Å². The van der Waals surface area contributed by atoms with Crippen LogP contribution in [0.5, 0.6) is 0 Å². The monoisotopic (exact) mass is 637 g/mol. The van der Waals surface area contributed by atoms with Crippen molar-refractivity contribution in [3.05, 3.63) is 47.5 Å². The average Bonchev–Trinajstić information content (AvgIpc) is 3.53. The quantitative estimate of drug-likeness (QED) is 0.347. The van der Waals surface area contributed by atoms with Crippen molar-refractivity contribution < 1.29 is 23.6 Å². The van der Waals surface area contributed by atoms with Crippen molar-refractivity contribution in [3.63, 3.8) is 0 Å². The number of carbonyl (C=O) groups is 4. The molecule has 1 aromatic carbocycles. The molecule has 3 heterocycles. The van der Waals surface area contributed by atoms with Gasteiger partial charge in [0.2, 0.25) is 17.7 Å². The first kappa shape index (κ1) is 33.6. The Bertz CT molecular complexity index is 1410. The van der Waals surface area contributed by atoms with E-state index >= 15 is 4.39 Å². The number of halogens is 1. The Balaban J connectivity index is 1.25. The van der Waals surface area contributed by atoms with Crippen LogP contribution >= 0.6 is 0 Å². The lowest BCUT2D eigenvalue weighted by Gasteiger charge is -2.54. The predicted octanol–water partition coefficient (Wildman–Crippen LogP) is 3.35. The van der Waals surface area contributed by atoms with Crippen molar-refractivity contribution in [2.24, 2.45) is 11.3 Å². The third kappa shape index (κ3) is 7.76. The van der Waals surface area contributed by atoms with Gasteiger partial charge >= 0.3 is 0 Å². The molecule has 1 aliphatic carbocycles. The predicted molar refractivity (Wildman–Crippen MR) is 172 cm³/mol. The molecule has 1 spiro atoms. The van der Waals surface area contributed by atoms with Gasteiger partial charge in [0, 0.05) is 44.1 Å². The Morgan fingerprint density at radius 1 is 1.02 bits per heavy atom. The van der Waals surface area contributed by atoms with Crippen molar-refractivity contribution in [1.29, 1.82) is 0 Å². The van der Waals surface area contributed by atoms with Crippen LogP contribution in [-0.4, -0.2) is 88.5 Å². The average molecular weight is 638 g/mol. The maximum absolute atomic E-state index is 15.5. The molecular formula is C34H48FN7O4. The maximum atomic E-state index is 15.5. The zero-order valence-corrected chi connectivity index (χ0v) is 27.3. The molecule has 2 aliphatic heterocycles. The number of carbonyl (C=O) groups excluding carboxylic acids is 4. The summed E-state index contributed by atoms with van der Waals surface area (Å²) < 4.78 is 17.1. The van der Waals surface area contributed by atoms with E-state index in [4.69, 9.17) is 0 Å².